The molecule has 2 heterocycles. The Morgan fingerprint density at radius 1 is 1.55 bits per heavy atom. The number of ether oxygens (including phenoxy) is 1. The molecule has 2 aromatic heterocycles. The van der Waals surface area contributed by atoms with Gasteiger partial charge in [0.25, 0.3) is 5.56 Å². The fourth-order valence-electron chi connectivity index (χ4n) is 1.95. The highest BCUT2D eigenvalue weighted by molar-refractivity contribution is 7.16. The van der Waals surface area contributed by atoms with Gasteiger partial charge in [-0.1, -0.05) is 0 Å². The van der Waals surface area contributed by atoms with Crippen LogP contribution < -0.4 is 10.9 Å². The Bertz CT molecular complexity index is 768. The first kappa shape index (κ1) is 16.1. The molecule has 0 aliphatic heterocycles. The van der Waals surface area contributed by atoms with E-state index in [9.17, 15) is 19.5 Å². The van der Waals surface area contributed by atoms with Crippen molar-refractivity contribution in [3.63, 3.8) is 0 Å². The van der Waals surface area contributed by atoms with E-state index >= 15 is 0 Å². The van der Waals surface area contributed by atoms with Gasteiger partial charge in [-0.3, -0.25) is 14.2 Å². The second-order valence-corrected chi connectivity index (χ2v) is 5.83. The number of methoxy groups -OCH3 is 1. The van der Waals surface area contributed by atoms with Gasteiger partial charge in [-0.05, 0) is 18.4 Å². The molecule has 2 aromatic rings. The molecule has 1 unspecified atom stereocenters. The summed E-state index contributed by atoms with van der Waals surface area (Å²) in [6.07, 6.45) is 1.27. The Balaban J connectivity index is 2.18. The Kier molecular flexibility index (Phi) is 4.57. The second-order valence-electron chi connectivity index (χ2n) is 4.94. The zero-order valence-corrected chi connectivity index (χ0v) is 12.8. The first-order valence-corrected chi connectivity index (χ1v) is 7.21. The summed E-state index contributed by atoms with van der Waals surface area (Å²) in [5, 5.41) is 13.7. The number of amides is 1. The number of aromatic nitrogens is 2. The van der Waals surface area contributed by atoms with E-state index in [1.165, 1.54) is 31.7 Å². The predicted octanol–water partition coefficient (Wildman–Crippen LogP) is 0.0639. The van der Waals surface area contributed by atoms with Gasteiger partial charge in [-0.25, -0.2) is 9.78 Å². The van der Waals surface area contributed by atoms with Gasteiger partial charge in [0.2, 0.25) is 5.91 Å². The van der Waals surface area contributed by atoms with Crippen LogP contribution in [-0.2, 0) is 20.9 Å². The zero-order chi connectivity index (χ0) is 16.3. The fourth-order valence-corrected chi connectivity index (χ4v) is 2.67. The molecule has 0 aromatic carbocycles. The minimum Gasteiger partial charge on any atom is -0.479 e. The average Bonchev–Trinajstić information content (AvgIpc) is 2.91. The van der Waals surface area contributed by atoms with E-state index < -0.39 is 17.4 Å². The van der Waals surface area contributed by atoms with Gasteiger partial charge in [0.1, 0.15) is 11.4 Å². The summed E-state index contributed by atoms with van der Waals surface area (Å²) >= 11 is 1.33. The van der Waals surface area contributed by atoms with Gasteiger partial charge >= 0.3 is 5.97 Å². The Morgan fingerprint density at radius 3 is 2.91 bits per heavy atom. The molecule has 9 heteroatoms. The highest BCUT2D eigenvalue weighted by atomic mass is 32.1. The van der Waals surface area contributed by atoms with Crippen LogP contribution in [0.3, 0.4) is 0 Å². The van der Waals surface area contributed by atoms with Crippen molar-refractivity contribution < 1.29 is 19.4 Å². The smallest absolute Gasteiger partial charge is 0.331 e. The average molecular weight is 325 g/mol. The highest BCUT2D eigenvalue weighted by Gasteiger charge is 2.35. The molecule has 2 N–H and O–H groups in total. The number of aliphatic carboxylic acids is 1. The monoisotopic (exact) mass is 325 g/mol. The maximum Gasteiger partial charge on any atom is 0.331 e. The van der Waals surface area contributed by atoms with Crippen LogP contribution in [0.4, 0.5) is 0 Å². The van der Waals surface area contributed by atoms with Gasteiger partial charge in [0.05, 0.1) is 18.3 Å². The quantitative estimate of drug-likeness (QED) is 0.777. The summed E-state index contributed by atoms with van der Waals surface area (Å²) < 4.78 is 5.95. The van der Waals surface area contributed by atoms with Crippen LogP contribution in [0.25, 0.3) is 10.2 Å². The predicted molar refractivity (Wildman–Crippen MR) is 79.9 cm³/mol. The Labute approximate surface area is 129 Å². The van der Waals surface area contributed by atoms with Crippen LogP contribution in [0, 0.1) is 0 Å². The normalized spacial score (nSPS) is 13.7. The van der Waals surface area contributed by atoms with Crippen LogP contribution in [0.5, 0.6) is 0 Å². The number of nitrogens with zero attached hydrogens (tertiary/aromatic N) is 2. The molecule has 1 amide bonds. The van der Waals surface area contributed by atoms with E-state index in [0.29, 0.717) is 10.2 Å². The lowest BCUT2D eigenvalue weighted by Crippen LogP contribution is -2.56. The van der Waals surface area contributed by atoms with Gasteiger partial charge in [0, 0.05) is 7.11 Å². The summed E-state index contributed by atoms with van der Waals surface area (Å²) in [7, 11) is 1.34. The molecule has 0 aliphatic carbocycles. The van der Waals surface area contributed by atoms with E-state index in [0.717, 1.165) is 4.57 Å². The third-order valence-electron chi connectivity index (χ3n) is 3.08. The van der Waals surface area contributed by atoms with Crippen molar-refractivity contribution in [1.29, 1.82) is 0 Å². The molecule has 118 valence electrons. The van der Waals surface area contributed by atoms with Crippen molar-refractivity contribution in [2.24, 2.45) is 0 Å². The van der Waals surface area contributed by atoms with E-state index in [4.69, 9.17) is 4.74 Å². The van der Waals surface area contributed by atoms with E-state index in [2.05, 4.69) is 10.3 Å². The number of rotatable bonds is 6. The van der Waals surface area contributed by atoms with Crippen molar-refractivity contribution >= 4 is 33.4 Å². The van der Waals surface area contributed by atoms with E-state index in [1.54, 1.807) is 11.4 Å². The lowest BCUT2D eigenvalue weighted by Gasteiger charge is -2.25. The topological polar surface area (TPSA) is 111 Å². The summed E-state index contributed by atoms with van der Waals surface area (Å²) in [6, 6.07) is 1.63. The van der Waals surface area contributed by atoms with Crippen molar-refractivity contribution in [1.82, 2.24) is 14.9 Å². The molecule has 0 bridgehead atoms. The van der Waals surface area contributed by atoms with Gasteiger partial charge < -0.3 is 15.2 Å². The molecule has 22 heavy (non-hydrogen) atoms. The number of carbonyl (C=O) groups is 2. The van der Waals surface area contributed by atoms with Crippen LogP contribution in [0.15, 0.2) is 22.6 Å². The summed E-state index contributed by atoms with van der Waals surface area (Å²) in [6.45, 7) is 0.828. The highest BCUT2D eigenvalue weighted by Crippen LogP contribution is 2.13. The summed E-state index contributed by atoms with van der Waals surface area (Å²) in [5.41, 5.74) is -1.90. The third-order valence-corrected chi connectivity index (χ3v) is 3.91. The first-order chi connectivity index (χ1) is 10.4. The Hall–Kier alpha value is -2.26. The number of hydrogen-bond acceptors (Lipinski definition) is 6. The minimum absolute atomic E-state index is 0.190. The molecule has 0 aliphatic rings. The molecule has 8 nitrogen and oxygen atoms in total. The number of hydrogen-bond donors (Lipinski definition) is 2. The molecule has 2 rings (SSSR count). The minimum atomic E-state index is -1.56. The number of thiophene rings is 1. The number of fused-ring (bicyclic) bond motifs is 1. The lowest BCUT2D eigenvalue weighted by molar-refractivity contribution is -0.149. The number of nitrogens with one attached hydrogen (secondary N) is 1. The lowest BCUT2D eigenvalue weighted by atomic mass is 10.0. The second kappa shape index (κ2) is 6.24. The van der Waals surface area contributed by atoms with E-state index in [1.807, 2.05) is 0 Å². The molecule has 0 saturated heterocycles. The third kappa shape index (κ3) is 3.15. The number of carbonyl (C=O) groups excluding carboxylic acids is 1. The molecular formula is C13H15N3O5S. The van der Waals surface area contributed by atoms with Crippen LogP contribution in [0.2, 0.25) is 0 Å². The van der Waals surface area contributed by atoms with Crippen molar-refractivity contribution in [2.75, 3.05) is 13.7 Å². The molecule has 0 spiro atoms. The molecule has 0 radical (unpaired) electrons. The van der Waals surface area contributed by atoms with Crippen molar-refractivity contribution in [3.8, 4) is 0 Å². The van der Waals surface area contributed by atoms with Gasteiger partial charge in [-0.15, -0.1) is 11.3 Å². The Morgan fingerprint density at radius 2 is 2.27 bits per heavy atom. The van der Waals surface area contributed by atoms with Crippen LogP contribution in [0.1, 0.15) is 6.92 Å². The maximum atomic E-state index is 12.2. The van der Waals surface area contributed by atoms with Crippen molar-refractivity contribution in [2.45, 2.75) is 19.0 Å². The fraction of sp³-hybridized carbons (Fsp3) is 0.385. The maximum absolute atomic E-state index is 12.2. The number of carboxylic acids is 1. The van der Waals surface area contributed by atoms with Gasteiger partial charge in [-0.2, -0.15) is 0 Å². The van der Waals surface area contributed by atoms with E-state index in [-0.39, 0.29) is 18.7 Å². The van der Waals surface area contributed by atoms with Crippen LogP contribution >= 0.6 is 11.3 Å². The SMILES string of the molecule is COCC(C)(NC(=O)Cn1cnc2sccc2c1=O)C(=O)O. The molecule has 1 atom stereocenters. The largest absolute Gasteiger partial charge is 0.479 e. The van der Waals surface area contributed by atoms with Crippen LogP contribution in [-0.4, -0.2) is 45.8 Å². The molecule has 0 saturated carbocycles. The first-order valence-electron chi connectivity index (χ1n) is 6.33. The summed E-state index contributed by atoms with van der Waals surface area (Å²) in [5.74, 6) is -1.83. The molecule has 0 fully saturated rings. The van der Waals surface area contributed by atoms with Gasteiger partial charge in [0.15, 0.2) is 5.54 Å². The molecular weight excluding hydrogens is 310 g/mol. The summed E-state index contributed by atoms with van der Waals surface area (Å²) in [4.78, 5) is 40.1. The number of carboxylic acid groups (broad SMARTS) is 1. The standard InChI is InChI=1S/C13H15N3O5S/c1-13(6-21-2,12(19)20)15-9(17)5-16-7-14-10-8(11(16)18)3-4-22-10/h3-4,7H,5-6H2,1-2H3,(H,15,17)(H,19,20). The zero-order valence-electron chi connectivity index (χ0n) is 12.0. The van der Waals surface area contributed by atoms with Crippen molar-refractivity contribution in [3.05, 3.63) is 28.1 Å².